The molecule has 0 amide bonds. The number of hydrogen-bond donors (Lipinski definition) is 1. The van der Waals surface area contributed by atoms with Gasteiger partial charge in [-0.15, -0.1) is 0 Å². The predicted molar refractivity (Wildman–Crippen MR) is 30.9 cm³/mol. The summed E-state index contributed by atoms with van der Waals surface area (Å²) >= 11 is 0. The van der Waals surface area contributed by atoms with E-state index in [4.69, 9.17) is 4.55 Å². The molecular weight excluding hydrogens is 160 g/mol. The second-order valence-corrected chi connectivity index (χ2v) is 3.29. The summed E-state index contributed by atoms with van der Waals surface area (Å²) < 4.78 is 28.0. The van der Waals surface area contributed by atoms with Gasteiger partial charge in [-0.25, -0.2) is 0 Å². The van der Waals surface area contributed by atoms with Gasteiger partial charge in [0.05, 0.1) is 5.75 Å². The number of hydrogen-bond acceptors (Lipinski definition) is 4. The number of carbonyl (C=O) groups excluding carboxylic acids is 1. The van der Waals surface area contributed by atoms with Crippen LogP contribution in [0.15, 0.2) is 0 Å². The topological polar surface area (TPSA) is 94.5 Å². The van der Waals surface area contributed by atoms with Crippen molar-refractivity contribution in [3.05, 3.63) is 0 Å². The van der Waals surface area contributed by atoms with Gasteiger partial charge in [0.15, 0.2) is 0 Å². The minimum absolute atomic E-state index is 0.400. The van der Waals surface area contributed by atoms with E-state index in [0.29, 0.717) is 0 Å². The molecule has 0 heterocycles. The fourth-order valence-electron chi connectivity index (χ4n) is 0.315. The van der Waals surface area contributed by atoms with E-state index >= 15 is 0 Å². The molecule has 0 aliphatic heterocycles. The molecule has 0 unspecified atom stereocenters. The standard InChI is InChI=1S/C4H7O5S/c5-3-4(6)1-2-10(7,8)9/h1-3H2,(H,7,8,9)/q-1. The zero-order valence-corrected chi connectivity index (χ0v) is 5.93. The highest BCUT2D eigenvalue weighted by atomic mass is 32.2. The van der Waals surface area contributed by atoms with Crippen molar-refractivity contribution in [3.63, 3.8) is 0 Å². The van der Waals surface area contributed by atoms with Crippen molar-refractivity contribution in [1.82, 2.24) is 0 Å². The molecule has 0 atom stereocenters. The van der Waals surface area contributed by atoms with Crippen molar-refractivity contribution in [2.45, 2.75) is 6.42 Å². The van der Waals surface area contributed by atoms with Gasteiger partial charge in [0.2, 0.25) is 0 Å². The van der Waals surface area contributed by atoms with Crippen LogP contribution in [0.1, 0.15) is 6.42 Å². The second-order valence-electron chi connectivity index (χ2n) is 1.72. The van der Waals surface area contributed by atoms with E-state index in [1.807, 2.05) is 0 Å². The van der Waals surface area contributed by atoms with Gasteiger partial charge in [0.1, 0.15) is 5.78 Å². The molecule has 0 saturated carbocycles. The molecular formula is C4H7O5S-. The van der Waals surface area contributed by atoms with Gasteiger partial charge in [0, 0.05) is 6.42 Å². The zero-order chi connectivity index (χ0) is 8.20. The van der Waals surface area contributed by atoms with Crippen LogP contribution in [-0.4, -0.2) is 31.1 Å². The van der Waals surface area contributed by atoms with Crippen LogP contribution in [-0.2, 0) is 14.9 Å². The summed E-state index contributed by atoms with van der Waals surface area (Å²) in [7, 11) is -4.09. The van der Waals surface area contributed by atoms with E-state index < -0.39 is 34.7 Å². The van der Waals surface area contributed by atoms with Crippen LogP contribution in [0.2, 0.25) is 0 Å². The molecule has 0 aliphatic rings. The Bertz CT molecular complexity index is 204. The quantitative estimate of drug-likeness (QED) is 0.498. The molecule has 0 fully saturated rings. The number of ketones is 1. The zero-order valence-electron chi connectivity index (χ0n) is 5.11. The average Bonchev–Trinajstić information content (AvgIpc) is 1.81. The van der Waals surface area contributed by atoms with E-state index in [2.05, 4.69) is 0 Å². The first-order valence-electron chi connectivity index (χ1n) is 2.50. The maximum absolute atomic E-state index is 10.2. The molecule has 0 aromatic heterocycles. The van der Waals surface area contributed by atoms with E-state index in [0.717, 1.165) is 0 Å². The Labute approximate surface area is 58.4 Å². The molecule has 0 saturated heterocycles. The number of rotatable bonds is 4. The molecule has 0 aliphatic carbocycles. The van der Waals surface area contributed by atoms with E-state index in [1.165, 1.54) is 0 Å². The van der Waals surface area contributed by atoms with Gasteiger partial charge in [-0.2, -0.15) is 8.42 Å². The first-order valence-corrected chi connectivity index (χ1v) is 4.11. The van der Waals surface area contributed by atoms with Crippen LogP contribution in [0.4, 0.5) is 0 Å². The maximum atomic E-state index is 10.2. The summed E-state index contributed by atoms with van der Waals surface area (Å²) in [5, 5.41) is 9.72. The smallest absolute Gasteiger partial charge is 0.265 e. The van der Waals surface area contributed by atoms with Crippen LogP contribution in [0, 0.1) is 0 Å². The van der Waals surface area contributed by atoms with Crippen LogP contribution >= 0.6 is 0 Å². The number of carbonyl (C=O) groups is 1. The number of Topliss-reactive ketones (excluding diaryl/α,β-unsaturated/α-hetero) is 1. The van der Waals surface area contributed by atoms with Crippen molar-refractivity contribution < 1.29 is 22.9 Å². The van der Waals surface area contributed by atoms with E-state index in [1.54, 1.807) is 0 Å². The Kier molecular flexibility index (Phi) is 3.48. The van der Waals surface area contributed by atoms with Crippen LogP contribution < -0.4 is 5.11 Å². The van der Waals surface area contributed by atoms with Crippen molar-refractivity contribution >= 4 is 15.9 Å². The molecule has 0 aromatic carbocycles. The van der Waals surface area contributed by atoms with Gasteiger partial charge < -0.3 is 9.90 Å². The lowest BCUT2D eigenvalue weighted by Gasteiger charge is -1.99. The third kappa shape index (κ3) is 5.67. The van der Waals surface area contributed by atoms with Gasteiger partial charge in [-0.1, -0.05) is 6.61 Å². The minimum Gasteiger partial charge on any atom is -0.849 e. The first-order chi connectivity index (χ1) is 4.45. The Morgan fingerprint density at radius 3 is 2.30 bits per heavy atom. The molecule has 0 spiro atoms. The van der Waals surface area contributed by atoms with Crippen molar-refractivity contribution in [1.29, 1.82) is 0 Å². The summed E-state index contributed by atoms with van der Waals surface area (Å²) in [5.41, 5.74) is 0. The van der Waals surface area contributed by atoms with Crippen molar-refractivity contribution in [2.24, 2.45) is 0 Å². The molecule has 6 heteroatoms. The average molecular weight is 167 g/mol. The Morgan fingerprint density at radius 2 is 2.00 bits per heavy atom. The highest BCUT2D eigenvalue weighted by molar-refractivity contribution is 7.85. The molecule has 10 heavy (non-hydrogen) atoms. The SMILES string of the molecule is O=C(C[O-])CCS(=O)(=O)O. The monoisotopic (exact) mass is 167 g/mol. The third-order valence-corrected chi connectivity index (χ3v) is 1.52. The molecule has 0 bridgehead atoms. The lowest BCUT2D eigenvalue weighted by Crippen LogP contribution is -2.20. The summed E-state index contributed by atoms with van der Waals surface area (Å²) in [6.07, 6.45) is -0.400. The van der Waals surface area contributed by atoms with Gasteiger partial charge in [-0.3, -0.25) is 4.55 Å². The Hall–Kier alpha value is -0.460. The van der Waals surface area contributed by atoms with Crippen LogP contribution in [0.3, 0.4) is 0 Å². The van der Waals surface area contributed by atoms with E-state index in [9.17, 15) is 18.3 Å². The highest BCUT2D eigenvalue weighted by Gasteiger charge is 2.05. The second kappa shape index (κ2) is 3.65. The molecule has 0 aromatic rings. The molecule has 0 rings (SSSR count). The van der Waals surface area contributed by atoms with Gasteiger partial charge in [0.25, 0.3) is 10.1 Å². The fourth-order valence-corrected chi connectivity index (χ4v) is 0.801. The van der Waals surface area contributed by atoms with Crippen LogP contribution in [0.5, 0.6) is 0 Å². The fraction of sp³-hybridized carbons (Fsp3) is 0.750. The Morgan fingerprint density at radius 1 is 1.50 bits per heavy atom. The third-order valence-electron chi connectivity index (χ3n) is 0.800. The van der Waals surface area contributed by atoms with Crippen molar-refractivity contribution in [2.75, 3.05) is 12.4 Å². The normalized spacial score (nSPS) is 11.4. The van der Waals surface area contributed by atoms with Crippen molar-refractivity contribution in [3.8, 4) is 0 Å². The van der Waals surface area contributed by atoms with Crippen LogP contribution in [0.25, 0.3) is 0 Å². The molecule has 60 valence electrons. The first kappa shape index (κ1) is 9.54. The molecule has 0 radical (unpaired) electrons. The largest absolute Gasteiger partial charge is 0.849 e. The highest BCUT2D eigenvalue weighted by Crippen LogP contribution is 1.87. The van der Waals surface area contributed by atoms with Gasteiger partial charge >= 0.3 is 0 Å². The summed E-state index contributed by atoms with van der Waals surface area (Å²) in [6, 6.07) is 0. The maximum Gasteiger partial charge on any atom is 0.265 e. The molecule has 1 N–H and O–H groups in total. The lowest BCUT2D eigenvalue weighted by molar-refractivity contribution is -0.354. The molecule has 5 nitrogen and oxygen atoms in total. The van der Waals surface area contributed by atoms with Gasteiger partial charge in [-0.05, 0) is 0 Å². The Balaban J connectivity index is 3.67. The summed E-state index contributed by atoms with van der Waals surface area (Å²) in [4.78, 5) is 10.2. The van der Waals surface area contributed by atoms with E-state index in [-0.39, 0.29) is 0 Å². The lowest BCUT2D eigenvalue weighted by atomic mass is 10.3. The predicted octanol–water partition coefficient (Wildman–Crippen LogP) is -1.81. The summed E-state index contributed by atoms with van der Waals surface area (Å²) in [6.45, 7) is -0.935. The summed E-state index contributed by atoms with van der Waals surface area (Å²) in [5.74, 6) is -1.37. The minimum atomic E-state index is -4.09.